The normalized spacial score (nSPS) is 17.5. The number of nitrogens with zero attached hydrogens (tertiary/aromatic N) is 5. The van der Waals surface area contributed by atoms with Crippen molar-refractivity contribution in [2.45, 2.75) is 18.9 Å². The largest absolute Gasteiger partial charge is 0.369 e. The number of aryl methyl sites for hydroxylation is 1. The minimum absolute atomic E-state index is 0.0393. The summed E-state index contributed by atoms with van der Waals surface area (Å²) in [7, 11) is 3.76. The maximum atomic E-state index is 13.0. The Morgan fingerprint density at radius 2 is 2.00 bits per heavy atom. The molecular weight excluding hydrogens is 326 g/mol. The highest BCUT2D eigenvalue weighted by Crippen LogP contribution is 2.23. The Balaban J connectivity index is 1.52. The standard InChI is InChI=1S/C20H23N5O/c1-23(17-9-6-12-25(14-17)16-7-4-3-5-8-16)20(26)15-10-11-19-18(13-15)21-22-24(19)2/h3-5,7-8,10-11,13,17H,6,9,12,14H2,1-2H3/t17-/m1/s1. The quantitative estimate of drug-likeness (QED) is 0.730. The number of benzene rings is 2. The van der Waals surface area contributed by atoms with Crippen molar-refractivity contribution in [3.63, 3.8) is 0 Å². The average Bonchev–Trinajstić information content (AvgIpc) is 3.08. The number of aromatic nitrogens is 3. The third-order valence-electron chi connectivity index (χ3n) is 5.24. The van der Waals surface area contributed by atoms with Crippen LogP contribution in [-0.2, 0) is 7.05 Å². The zero-order chi connectivity index (χ0) is 18.1. The third-order valence-corrected chi connectivity index (χ3v) is 5.24. The molecule has 1 aromatic heterocycles. The Kier molecular flexibility index (Phi) is 4.32. The van der Waals surface area contributed by atoms with Gasteiger partial charge in [-0.3, -0.25) is 4.79 Å². The molecule has 6 heteroatoms. The van der Waals surface area contributed by atoms with Crippen LogP contribution < -0.4 is 4.90 Å². The lowest BCUT2D eigenvalue weighted by atomic mass is 10.0. The van der Waals surface area contributed by atoms with Gasteiger partial charge in [0.25, 0.3) is 5.91 Å². The van der Waals surface area contributed by atoms with Crippen LogP contribution in [0.5, 0.6) is 0 Å². The lowest BCUT2D eigenvalue weighted by Crippen LogP contribution is -2.48. The molecule has 1 fully saturated rings. The van der Waals surface area contributed by atoms with Crippen molar-refractivity contribution >= 4 is 22.6 Å². The highest BCUT2D eigenvalue weighted by atomic mass is 16.2. The van der Waals surface area contributed by atoms with Gasteiger partial charge in [0.1, 0.15) is 5.52 Å². The average molecular weight is 349 g/mol. The van der Waals surface area contributed by atoms with Crippen LogP contribution in [0.4, 0.5) is 5.69 Å². The number of fused-ring (bicyclic) bond motifs is 1. The van der Waals surface area contributed by atoms with Gasteiger partial charge in [0.05, 0.1) is 5.52 Å². The molecule has 26 heavy (non-hydrogen) atoms. The maximum Gasteiger partial charge on any atom is 0.253 e. The molecule has 0 N–H and O–H groups in total. The molecule has 134 valence electrons. The van der Waals surface area contributed by atoms with Crippen molar-refractivity contribution in [1.82, 2.24) is 19.9 Å². The fourth-order valence-electron chi connectivity index (χ4n) is 3.69. The summed E-state index contributed by atoms with van der Waals surface area (Å²) in [5, 5.41) is 8.13. The molecule has 0 saturated carbocycles. The van der Waals surface area contributed by atoms with Crippen LogP contribution >= 0.6 is 0 Å². The van der Waals surface area contributed by atoms with Gasteiger partial charge in [-0.05, 0) is 43.2 Å². The second-order valence-electron chi connectivity index (χ2n) is 6.91. The molecule has 1 amide bonds. The predicted molar refractivity (Wildman–Crippen MR) is 102 cm³/mol. The van der Waals surface area contributed by atoms with E-state index in [2.05, 4.69) is 39.5 Å². The highest BCUT2D eigenvalue weighted by Gasteiger charge is 2.27. The molecule has 1 aliphatic heterocycles. The van der Waals surface area contributed by atoms with Crippen molar-refractivity contribution in [2.75, 3.05) is 25.0 Å². The van der Waals surface area contributed by atoms with E-state index in [0.717, 1.165) is 37.0 Å². The molecule has 0 aliphatic carbocycles. The molecule has 3 aromatic rings. The van der Waals surface area contributed by atoms with E-state index < -0.39 is 0 Å². The van der Waals surface area contributed by atoms with E-state index in [1.807, 2.05) is 43.3 Å². The van der Waals surface area contributed by atoms with E-state index >= 15 is 0 Å². The third kappa shape index (κ3) is 3.03. The smallest absolute Gasteiger partial charge is 0.253 e. The van der Waals surface area contributed by atoms with E-state index in [0.29, 0.717) is 5.56 Å². The summed E-state index contributed by atoms with van der Waals surface area (Å²) in [5.74, 6) is 0.0393. The Labute approximate surface area is 153 Å². The number of likely N-dealkylation sites (N-methyl/N-ethyl adjacent to an activating group) is 1. The predicted octanol–water partition coefficient (Wildman–Crippen LogP) is 2.71. The number of para-hydroxylation sites is 1. The molecule has 0 bridgehead atoms. The Morgan fingerprint density at radius 1 is 1.19 bits per heavy atom. The van der Waals surface area contributed by atoms with E-state index in [-0.39, 0.29) is 11.9 Å². The molecule has 1 saturated heterocycles. The maximum absolute atomic E-state index is 13.0. The first-order chi connectivity index (χ1) is 12.6. The van der Waals surface area contributed by atoms with Crippen molar-refractivity contribution in [3.8, 4) is 0 Å². The molecule has 0 spiro atoms. The first-order valence-electron chi connectivity index (χ1n) is 9.00. The number of carbonyl (C=O) groups excluding carboxylic acids is 1. The Bertz CT molecular complexity index is 920. The van der Waals surface area contributed by atoms with E-state index in [9.17, 15) is 4.79 Å². The first-order valence-corrected chi connectivity index (χ1v) is 9.00. The van der Waals surface area contributed by atoms with Gasteiger partial charge in [0.2, 0.25) is 0 Å². The van der Waals surface area contributed by atoms with Crippen LogP contribution in [0.1, 0.15) is 23.2 Å². The fourth-order valence-corrected chi connectivity index (χ4v) is 3.69. The second-order valence-corrected chi connectivity index (χ2v) is 6.91. The Hall–Kier alpha value is -2.89. The number of hydrogen-bond donors (Lipinski definition) is 0. The first kappa shape index (κ1) is 16.6. The van der Waals surface area contributed by atoms with Crippen molar-refractivity contribution in [3.05, 3.63) is 54.1 Å². The summed E-state index contributed by atoms with van der Waals surface area (Å²) in [6, 6.07) is 16.2. The molecule has 2 aromatic carbocycles. The summed E-state index contributed by atoms with van der Waals surface area (Å²) >= 11 is 0. The van der Waals surface area contributed by atoms with Gasteiger partial charge in [0, 0.05) is 44.5 Å². The minimum Gasteiger partial charge on any atom is -0.369 e. The molecule has 1 aliphatic rings. The Morgan fingerprint density at radius 3 is 2.81 bits per heavy atom. The van der Waals surface area contributed by atoms with E-state index in [4.69, 9.17) is 0 Å². The number of hydrogen-bond acceptors (Lipinski definition) is 4. The van der Waals surface area contributed by atoms with Crippen LogP contribution in [0.25, 0.3) is 11.0 Å². The monoisotopic (exact) mass is 349 g/mol. The number of piperidine rings is 1. The molecular formula is C20H23N5O. The number of anilines is 1. The lowest BCUT2D eigenvalue weighted by molar-refractivity contribution is 0.0717. The summed E-state index contributed by atoms with van der Waals surface area (Å²) in [4.78, 5) is 17.2. The number of carbonyl (C=O) groups is 1. The van der Waals surface area contributed by atoms with Crippen LogP contribution in [0.3, 0.4) is 0 Å². The molecule has 0 unspecified atom stereocenters. The van der Waals surface area contributed by atoms with Crippen LogP contribution in [0.2, 0.25) is 0 Å². The van der Waals surface area contributed by atoms with Crippen molar-refractivity contribution < 1.29 is 4.79 Å². The molecule has 6 nitrogen and oxygen atoms in total. The van der Waals surface area contributed by atoms with Crippen LogP contribution in [0.15, 0.2) is 48.5 Å². The number of amides is 1. The van der Waals surface area contributed by atoms with Gasteiger partial charge >= 0.3 is 0 Å². The molecule has 2 heterocycles. The second kappa shape index (κ2) is 6.78. The van der Waals surface area contributed by atoms with Gasteiger partial charge in [-0.1, -0.05) is 23.4 Å². The van der Waals surface area contributed by atoms with Gasteiger partial charge in [-0.15, -0.1) is 5.10 Å². The van der Waals surface area contributed by atoms with Gasteiger partial charge in [-0.2, -0.15) is 0 Å². The van der Waals surface area contributed by atoms with Crippen molar-refractivity contribution in [1.29, 1.82) is 0 Å². The lowest BCUT2D eigenvalue weighted by Gasteiger charge is -2.38. The fraction of sp³-hybridized carbons (Fsp3) is 0.350. The summed E-state index contributed by atoms with van der Waals surface area (Å²) < 4.78 is 1.71. The molecule has 1 atom stereocenters. The SMILES string of the molecule is CN(C(=O)c1ccc2c(c1)nnn2C)[C@@H]1CCCN(c2ccccc2)C1. The highest BCUT2D eigenvalue weighted by molar-refractivity contribution is 5.97. The van der Waals surface area contributed by atoms with Crippen LogP contribution in [0, 0.1) is 0 Å². The topological polar surface area (TPSA) is 54.3 Å². The van der Waals surface area contributed by atoms with E-state index in [1.165, 1.54) is 5.69 Å². The molecule has 0 radical (unpaired) electrons. The van der Waals surface area contributed by atoms with Crippen LogP contribution in [-0.4, -0.2) is 52.0 Å². The zero-order valence-corrected chi connectivity index (χ0v) is 15.2. The summed E-state index contributed by atoms with van der Waals surface area (Å²) in [5.41, 5.74) is 3.56. The summed E-state index contributed by atoms with van der Waals surface area (Å²) in [6.07, 6.45) is 2.11. The van der Waals surface area contributed by atoms with Crippen molar-refractivity contribution in [2.24, 2.45) is 7.05 Å². The van der Waals surface area contributed by atoms with Gasteiger partial charge in [0.15, 0.2) is 0 Å². The van der Waals surface area contributed by atoms with E-state index in [1.54, 1.807) is 4.68 Å². The number of rotatable bonds is 3. The molecule has 4 rings (SSSR count). The van der Waals surface area contributed by atoms with Gasteiger partial charge < -0.3 is 9.80 Å². The zero-order valence-electron chi connectivity index (χ0n) is 15.2. The van der Waals surface area contributed by atoms with Gasteiger partial charge in [-0.25, -0.2) is 4.68 Å². The minimum atomic E-state index is 0.0393. The summed E-state index contributed by atoms with van der Waals surface area (Å²) in [6.45, 7) is 1.90.